The van der Waals surface area contributed by atoms with E-state index in [0.717, 1.165) is 6.54 Å². The molecule has 0 saturated heterocycles. The first-order valence-corrected chi connectivity index (χ1v) is 3.85. The van der Waals surface area contributed by atoms with Gasteiger partial charge in [0.25, 0.3) is 0 Å². The Morgan fingerprint density at radius 2 is 1.30 bits per heavy atom. The first-order chi connectivity index (χ1) is 4.09. The van der Waals surface area contributed by atoms with Gasteiger partial charge < -0.3 is 0 Å². The molecule has 0 aliphatic rings. The molecule has 0 aromatic carbocycles. The topological polar surface area (TPSA) is 3.24 Å². The second-order valence-corrected chi connectivity index (χ2v) is 3.02. The number of hydrogen-bond donors (Lipinski definition) is 0. The van der Waals surface area contributed by atoms with E-state index in [4.69, 9.17) is 0 Å². The summed E-state index contributed by atoms with van der Waals surface area (Å²) in [5.41, 5.74) is 0. The normalized spacial score (nSPS) is 10.8. The summed E-state index contributed by atoms with van der Waals surface area (Å²) in [6.45, 7) is 12.3. The van der Waals surface area contributed by atoms with Gasteiger partial charge in [0.2, 0.25) is 0 Å². The van der Waals surface area contributed by atoms with Crippen LogP contribution >= 0.6 is 24.0 Å². The Morgan fingerprint density at radius 1 is 1.00 bits per heavy atom. The standard InChI is InChI=1S/C8H19N.HI/c1-6-9(7(2)3)8(4)5;/h7-8H,6H2,1-5H3;1H. The Kier molecular flexibility index (Phi) is 8.51. The predicted octanol–water partition coefficient (Wildman–Crippen LogP) is 2.74. The molecule has 0 heterocycles. The second kappa shape index (κ2) is 6.40. The quantitative estimate of drug-likeness (QED) is 0.703. The van der Waals surface area contributed by atoms with E-state index in [9.17, 15) is 0 Å². The lowest BCUT2D eigenvalue weighted by Gasteiger charge is -2.28. The van der Waals surface area contributed by atoms with Crippen molar-refractivity contribution < 1.29 is 0 Å². The van der Waals surface area contributed by atoms with Crippen LogP contribution in [0.1, 0.15) is 34.6 Å². The maximum Gasteiger partial charge on any atom is 0.00411 e. The minimum atomic E-state index is 0. The summed E-state index contributed by atoms with van der Waals surface area (Å²) >= 11 is 0. The highest BCUT2D eigenvalue weighted by Crippen LogP contribution is 2.02. The summed E-state index contributed by atoms with van der Waals surface area (Å²) in [6.07, 6.45) is 0. The third-order valence-corrected chi connectivity index (χ3v) is 1.69. The van der Waals surface area contributed by atoms with Crippen LogP contribution in [0, 0.1) is 0 Å². The van der Waals surface area contributed by atoms with E-state index in [2.05, 4.69) is 39.5 Å². The Balaban J connectivity index is 0. The van der Waals surface area contributed by atoms with Gasteiger partial charge in [-0.25, -0.2) is 0 Å². The van der Waals surface area contributed by atoms with Gasteiger partial charge in [0.05, 0.1) is 0 Å². The third-order valence-electron chi connectivity index (χ3n) is 1.69. The average molecular weight is 257 g/mol. The first kappa shape index (κ1) is 13.3. The van der Waals surface area contributed by atoms with Crippen molar-refractivity contribution in [3.05, 3.63) is 0 Å². The number of nitrogens with zero attached hydrogens (tertiary/aromatic N) is 1. The molecule has 0 saturated carbocycles. The smallest absolute Gasteiger partial charge is 0.00411 e. The molecule has 0 aromatic rings. The van der Waals surface area contributed by atoms with Crippen molar-refractivity contribution in [3.8, 4) is 0 Å². The molecule has 2 heteroatoms. The van der Waals surface area contributed by atoms with Crippen molar-refractivity contribution in [3.63, 3.8) is 0 Å². The molecule has 0 spiro atoms. The molecule has 0 aromatic heterocycles. The third kappa shape index (κ3) is 4.50. The summed E-state index contributed by atoms with van der Waals surface area (Å²) in [6, 6.07) is 1.38. The molecule has 0 amide bonds. The molecule has 0 aliphatic heterocycles. The minimum Gasteiger partial charge on any atom is -0.299 e. The molecule has 0 radical (unpaired) electrons. The lowest BCUT2D eigenvalue weighted by atomic mass is 10.2. The molecule has 0 fully saturated rings. The molecule has 10 heavy (non-hydrogen) atoms. The Hall–Kier alpha value is 0.690. The van der Waals surface area contributed by atoms with Crippen molar-refractivity contribution in [2.75, 3.05) is 6.54 Å². The predicted molar refractivity (Wildman–Crippen MR) is 58.1 cm³/mol. The zero-order valence-electron chi connectivity index (χ0n) is 7.72. The van der Waals surface area contributed by atoms with Crippen LogP contribution in [0.15, 0.2) is 0 Å². The van der Waals surface area contributed by atoms with Crippen molar-refractivity contribution in [2.24, 2.45) is 0 Å². The van der Waals surface area contributed by atoms with E-state index in [1.807, 2.05) is 0 Å². The summed E-state index contributed by atoms with van der Waals surface area (Å²) in [5, 5.41) is 0. The minimum absolute atomic E-state index is 0. The maximum atomic E-state index is 2.46. The molecule has 64 valence electrons. The van der Waals surface area contributed by atoms with E-state index in [0.29, 0.717) is 12.1 Å². The van der Waals surface area contributed by atoms with Gasteiger partial charge >= 0.3 is 0 Å². The largest absolute Gasteiger partial charge is 0.299 e. The van der Waals surface area contributed by atoms with E-state index in [1.54, 1.807) is 0 Å². The zero-order valence-corrected chi connectivity index (χ0v) is 10.0. The molecule has 0 rings (SSSR count). The van der Waals surface area contributed by atoms with Gasteiger partial charge in [-0.1, -0.05) is 6.92 Å². The van der Waals surface area contributed by atoms with Gasteiger partial charge in [0, 0.05) is 12.1 Å². The molecule has 0 atom stereocenters. The molecule has 0 unspecified atom stereocenters. The van der Waals surface area contributed by atoms with Crippen LogP contribution in [0.2, 0.25) is 0 Å². The van der Waals surface area contributed by atoms with Gasteiger partial charge in [-0.15, -0.1) is 24.0 Å². The molecule has 0 aliphatic carbocycles. The summed E-state index contributed by atoms with van der Waals surface area (Å²) < 4.78 is 0. The zero-order chi connectivity index (χ0) is 7.44. The maximum absolute atomic E-state index is 2.46. The fourth-order valence-electron chi connectivity index (χ4n) is 1.33. The van der Waals surface area contributed by atoms with Crippen molar-refractivity contribution >= 4 is 24.0 Å². The number of hydrogen-bond acceptors (Lipinski definition) is 1. The average Bonchev–Trinajstić information content (AvgIpc) is 1.64. The summed E-state index contributed by atoms with van der Waals surface area (Å²) in [4.78, 5) is 2.46. The van der Waals surface area contributed by atoms with Gasteiger partial charge in [0.1, 0.15) is 0 Å². The SMILES string of the molecule is CCN(C(C)C)C(C)C.I. The fraction of sp³-hybridized carbons (Fsp3) is 1.00. The Labute approximate surface area is 82.2 Å². The molecule has 0 N–H and O–H groups in total. The van der Waals surface area contributed by atoms with Crippen LogP contribution in [-0.2, 0) is 0 Å². The van der Waals surface area contributed by atoms with E-state index >= 15 is 0 Å². The number of rotatable bonds is 3. The van der Waals surface area contributed by atoms with Crippen LogP contribution in [0.4, 0.5) is 0 Å². The highest BCUT2D eigenvalue weighted by atomic mass is 127. The second-order valence-electron chi connectivity index (χ2n) is 3.02. The first-order valence-electron chi connectivity index (χ1n) is 3.85. The monoisotopic (exact) mass is 257 g/mol. The lowest BCUT2D eigenvalue weighted by Crippen LogP contribution is -2.36. The highest BCUT2D eigenvalue weighted by molar-refractivity contribution is 14.0. The van der Waals surface area contributed by atoms with Crippen LogP contribution in [0.3, 0.4) is 0 Å². The van der Waals surface area contributed by atoms with Crippen LogP contribution in [0.25, 0.3) is 0 Å². The van der Waals surface area contributed by atoms with Gasteiger partial charge in [-0.3, -0.25) is 4.90 Å². The summed E-state index contributed by atoms with van der Waals surface area (Å²) in [5.74, 6) is 0. The summed E-state index contributed by atoms with van der Waals surface area (Å²) in [7, 11) is 0. The van der Waals surface area contributed by atoms with Crippen molar-refractivity contribution in [1.82, 2.24) is 4.90 Å². The van der Waals surface area contributed by atoms with Crippen LogP contribution in [-0.4, -0.2) is 23.5 Å². The van der Waals surface area contributed by atoms with Crippen molar-refractivity contribution in [2.45, 2.75) is 46.7 Å². The van der Waals surface area contributed by atoms with E-state index in [-0.39, 0.29) is 24.0 Å². The van der Waals surface area contributed by atoms with Gasteiger partial charge in [0.15, 0.2) is 0 Å². The van der Waals surface area contributed by atoms with E-state index < -0.39 is 0 Å². The molecular weight excluding hydrogens is 237 g/mol. The van der Waals surface area contributed by atoms with E-state index in [1.165, 1.54) is 0 Å². The Morgan fingerprint density at radius 3 is 1.30 bits per heavy atom. The molecule has 1 nitrogen and oxygen atoms in total. The lowest BCUT2D eigenvalue weighted by molar-refractivity contribution is 0.185. The van der Waals surface area contributed by atoms with Gasteiger partial charge in [-0.2, -0.15) is 0 Å². The number of halogens is 1. The highest BCUT2D eigenvalue weighted by Gasteiger charge is 2.08. The molecular formula is C8H20IN. The van der Waals surface area contributed by atoms with Crippen LogP contribution < -0.4 is 0 Å². The molecule has 0 bridgehead atoms. The van der Waals surface area contributed by atoms with Gasteiger partial charge in [-0.05, 0) is 34.2 Å². The fourth-order valence-corrected chi connectivity index (χ4v) is 1.33. The van der Waals surface area contributed by atoms with Crippen LogP contribution in [0.5, 0.6) is 0 Å². The van der Waals surface area contributed by atoms with Crippen molar-refractivity contribution in [1.29, 1.82) is 0 Å². The Bertz CT molecular complexity index is 63.7.